The maximum atomic E-state index is 13.2. The summed E-state index contributed by atoms with van der Waals surface area (Å²) in [5.41, 5.74) is -0.472. The molecule has 0 bridgehead atoms. The van der Waals surface area contributed by atoms with Gasteiger partial charge in [0, 0.05) is 23.9 Å². The van der Waals surface area contributed by atoms with Crippen LogP contribution in [0.3, 0.4) is 0 Å². The van der Waals surface area contributed by atoms with E-state index in [0.29, 0.717) is 23.7 Å². The Labute approximate surface area is 175 Å². The van der Waals surface area contributed by atoms with Crippen molar-refractivity contribution in [2.24, 2.45) is 5.92 Å². The summed E-state index contributed by atoms with van der Waals surface area (Å²) < 4.78 is 39.5. The van der Waals surface area contributed by atoms with Crippen molar-refractivity contribution in [2.45, 2.75) is 19.0 Å². The maximum absolute atomic E-state index is 13.2. The Balaban J connectivity index is 1.49. The number of carbonyl (C=O) groups is 2. The first kappa shape index (κ1) is 20.6. The first-order valence-electron chi connectivity index (χ1n) is 9.62. The molecule has 0 unspecified atom stereocenters. The quantitative estimate of drug-likeness (QED) is 0.604. The average molecular weight is 426 g/mol. The number of benzene rings is 1. The number of hydrogen-bond donors (Lipinski definition) is 1. The number of ketones is 1. The van der Waals surface area contributed by atoms with E-state index in [0.717, 1.165) is 25.0 Å². The third-order valence-corrected chi connectivity index (χ3v) is 4.91. The van der Waals surface area contributed by atoms with Gasteiger partial charge in [0.25, 0.3) is 5.91 Å². The van der Waals surface area contributed by atoms with Crippen molar-refractivity contribution in [3.05, 3.63) is 77.2 Å². The van der Waals surface area contributed by atoms with Crippen molar-refractivity contribution in [2.75, 3.05) is 6.54 Å². The van der Waals surface area contributed by atoms with E-state index in [9.17, 15) is 22.8 Å². The third-order valence-electron chi connectivity index (χ3n) is 4.91. The fraction of sp³-hybridized carbons (Fsp3) is 0.227. The molecule has 158 valence electrons. The number of nitrogens with zero attached hydrogens (tertiary/aromatic N) is 3. The highest BCUT2D eigenvalue weighted by Gasteiger charge is 2.35. The largest absolute Gasteiger partial charge is 0.417 e. The van der Waals surface area contributed by atoms with Gasteiger partial charge in [-0.3, -0.25) is 14.6 Å². The average Bonchev–Trinajstić information content (AvgIpc) is 3.61. The van der Waals surface area contributed by atoms with Gasteiger partial charge in [-0.1, -0.05) is 18.2 Å². The van der Waals surface area contributed by atoms with Crippen LogP contribution in [0.15, 0.2) is 54.7 Å². The Bertz CT molecular complexity index is 1110. The van der Waals surface area contributed by atoms with Crippen LogP contribution in [0, 0.1) is 5.92 Å². The molecule has 2 aromatic heterocycles. The summed E-state index contributed by atoms with van der Waals surface area (Å²) in [7, 11) is 0. The summed E-state index contributed by atoms with van der Waals surface area (Å²) in [5, 5.41) is 10.7. The molecule has 1 aromatic carbocycles. The van der Waals surface area contributed by atoms with Gasteiger partial charge in [0.2, 0.25) is 5.78 Å². The molecule has 1 aliphatic rings. The molecule has 1 aliphatic carbocycles. The highest BCUT2D eigenvalue weighted by molar-refractivity contribution is 6.08. The molecule has 0 spiro atoms. The van der Waals surface area contributed by atoms with Crippen LogP contribution in [-0.4, -0.2) is 33.4 Å². The van der Waals surface area contributed by atoms with Crippen molar-refractivity contribution in [3.8, 4) is 11.3 Å². The molecule has 0 saturated heterocycles. The number of amides is 1. The maximum Gasteiger partial charge on any atom is 0.417 e. The van der Waals surface area contributed by atoms with Gasteiger partial charge in [0.15, 0.2) is 5.69 Å². The second-order valence-electron chi connectivity index (χ2n) is 7.26. The fourth-order valence-corrected chi connectivity index (χ4v) is 3.00. The van der Waals surface area contributed by atoms with Crippen LogP contribution in [-0.2, 0) is 6.18 Å². The lowest BCUT2D eigenvalue weighted by Gasteiger charge is -2.11. The smallest absolute Gasteiger partial charge is 0.350 e. The Morgan fingerprint density at radius 3 is 2.32 bits per heavy atom. The van der Waals surface area contributed by atoms with E-state index in [1.54, 1.807) is 6.07 Å². The summed E-state index contributed by atoms with van der Waals surface area (Å²) in [6.45, 7) is 0.624. The van der Waals surface area contributed by atoms with E-state index in [-0.39, 0.29) is 17.3 Å². The molecular formula is C22H17F3N4O2. The Kier molecular flexibility index (Phi) is 5.50. The van der Waals surface area contributed by atoms with Gasteiger partial charge in [-0.05, 0) is 49.1 Å². The lowest BCUT2D eigenvalue weighted by Crippen LogP contribution is -2.26. The van der Waals surface area contributed by atoms with Crippen LogP contribution < -0.4 is 5.32 Å². The number of rotatable bonds is 6. The minimum absolute atomic E-state index is 0.121. The van der Waals surface area contributed by atoms with Crippen molar-refractivity contribution >= 4 is 11.7 Å². The number of halogens is 3. The Morgan fingerprint density at radius 2 is 1.71 bits per heavy atom. The third kappa shape index (κ3) is 4.76. The molecule has 3 aromatic rings. The minimum atomic E-state index is -4.64. The van der Waals surface area contributed by atoms with E-state index >= 15 is 0 Å². The normalized spacial score (nSPS) is 13.6. The SMILES string of the molecule is O=C(NCC1CC1)c1ccc(-c2ccc(C(=O)c3ccccc3C(F)(F)F)nc2)nn1. The van der Waals surface area contributed by atoms with E-state index in [1.807, 2.05) is 0 Å². The van der Waals surface area contributed by atoms with E-state index in [1.165, 1.54) is 36.5 Å². The topological polar surface area (TPSA) is 84.8 Å². The molecule has 0 atom stereocenters. The molecule has 0 radical (unpaired) electrons. The number of nitrogens with one attached hydrogen (secondary N) is 1. The zero-order valence-electron chi connectivity index (χ0n) is 16.2. The van der Waals surface area contributed by atoms with Crippen LogP contribution in [0.5, 0.6) is 0 Å². The van der Waals surface area contributed by atoms with Crippen LogP contribution in [0.25, 0.3) is 11.3 Å². The van der Waals surface area contributed by atoms with Gasteiger partial charge in [0.05, 0.1) is 11.3 Å². The standard InChI is InChI=1S/C22H17F3N4O2/c23-22(24,25)16-4-2-1-3-15(16)20(30)18-8-7-14(12-26-18)17-9-10-19(29-28-17)21(31)27-11-13-5-6-13/h1-4,7-10,12-13H,5-6,11H2,(H,27,31). The summed E-state index contributed by atoms with van der Waals surface area (Å²) in [6.07, 6.45) is -1.06. The molecule has 0 aliphatic heterocycles. The van der Waals surface area contributed by atoms with E-state index < -0.39 is 23.1 Å². The number of carbonyl (C=O) groups excluding carboxylic acids is 2. The van der Waals surface area contributed by atoms with Gasteiger partial charge < -0.3 is 5.32 Å². The first-order chi connectivity index (χ1) is 14.8. The molecule has 1 N–H and O–H groups in total. The van der Waals surface area contributed by atoms with Crippen molar-refractivity contribution < 1.29 is 22.8 Å². The summed E-state index contributed by atoms with van der Waals surface area (Å²) in [5.74, 6) is -0.576. The monoisotopic (exact) mass is 426 g/mol. The molecule has 1 saturated carbocycles. The predicted molar refractivity (Wildman–Crippen MR) is 105 cm³/mol. The molecule has 9 heteroatoms. The zero-order valence-corrected chi connectivity index (χ0v) is 16.2. The Morgan fingerprint density at radius 1 is 0.968 bits per heavy atom. The molecule has 2 heterocycles. The highest BCUT2D eigenvalue weighted by atomic mass is 19.4. The van der Waals surface area contributed by atoms with Gasteiger partial charge >= 0.3 is 6.18 Å². The van der Waals surface area contributed by atoms with Crippen LogP contribution >= 0.6 is 0 Å². The Hall–Kier alpha value is -3.62. The van der Waals surface area contributed by atoms with E-state index in [4.69, 9.17) is 0 Å². The molecule has 1 amide bonds. The second-order valence-corrected chi connectivity index (χ2v) is 7.26. The number of aromatic nitrogens is 3. The van der Waals surface area contributed by atoms with Gasteiger partial charge in [-0.25, -0.2) is 0 Å². The van der Waals surface area contributed by atoms with Gasteiger partial charge in [0.1, 0.15) is 5.69 Å². The van der Waals surface area contributed by atoms with Crippen LogP contribution in [0.2, 0.25) is 0 Å². The molecule has 4 rings (SSSR count). The lowest BCUT2D eigenvalue weighted by atomic mass is 10.0. The van der Waals surface area contributed by atoms with Gasteiger partial charge in [-0.15, -0.1) is 10.2 Å². The second kappa shape index (κ2) is 8.25. The molecule has 6 nitrogen and oxygen atoms in total. The van der Waals surface area contributed by atoms with E-state index in [2.05, 4.69) is 20.5 Å². The zero-order chi connectivity index (χ0) is 22.0. The molecular weight excluding hydrogens is 409 g/mol. The van der Waals surface area contributed by atoms with Gasteiger partial charge in [-0.2, -0.15) is 13.2 Å². The first-order valence-corrected chi connectivity index (χ1v) is 9.62. The summed E-state index contributed by atoms with van der Waals surface area (Å²) in [4.78, 5) is 28.6. The molecule has 1 fully saturated rings. The minimum Gasteiger partial charge on any atom is -0.350 e. The fourth-order valence-electron chi connectivity index (χ4n) is 3.00. The molecule has 31 heavy (non-hydrogen) atoms. The summed E-state index contributed by atoms with van der Waals surface area (Å²) >= 11 is 0. The number of alkyl halides is 3. The lowest BCUT2D eigenvalue weighted by molar-refractivity contribution is -0.137. The highest BCUT2D eigenvalue weighted by Crippen LogP contribution is 2.32. The van der Waals surface area contributed by atoms with Crippen molar-refractivity contribution in [1.82, 2.24) is 20.5 Å². The summed E-state index contributed by atoms with van der Waals surface area (Å²) in [6, 6.07) is 10.6. The van der Waals surface area contributed by atoms with Crippen molar-refractivity contribution in [3.63, 3.8) is 0 Å². The van der Waals surface area contributed by atoms with Crippen LogP contribution in [0.1, 0.15) is 44.9 Å². The van der Waals surface area contributed by atoms with Crippen LogP contribution in [0.4, 0.5) is 13.2 Å². The number of hydrogen-bond acceptors (Lipinski definition) is 5. The number of pyridine rings is 1. The predicted octanol–water partition coefficient (Wildman–Crippen LogP) is 3.93. The van der Waals surface area contributed by atoms with Crippen molar-refractivity contribution in [1.29, 1.82) is 0 Å².